The molecule has 0 N–H and O–H groups in total. The van der Waals surface area contributed by atoms with Crippen molar-refractivity contribution in [3.8, 4) is 5.75 Å². The molecule has 4 nitrogen and oxygen atoms in total. The summed E-state index contributed by atoms with van der Waals surface area (Å²) in [6.45, 7) is 8.31. The second-order valence-corrected chi connectivity index (χ2v) is 9.27. The van der Waals surface area contributed by atoms with Gasteiger partial charge in [0.15, 0.2) is 5.78 Å². The van der Waals surface area contributed by atoms with E-state index in [4.69, 9.17) is 4.74 Å². The lowest BCUT2D eigenvalue weighted by atomic mass is 9.92. The first-order valence-electron chi connectivity index (χ1n) is 11.9. The average Bonchev–Trinajstić information content (AvgIpc) is 2.84. The molecule has 0 aromatic heterocycles. The highest BCUT2D eigenvalue weighted by molar-refractivity contribution is 5.94. The fraction of sp³-hybridized carbons (Fsp3) is 0.345. The van der Waals surface area contributed by atoms with E-state index in [1.54, 1.807) is 20.1 Å². The molecule has 0 amide bonds. The predicted molar refractivity (Wildman–Crippen MR) is 134 cm³/mol. The molecular weight excluding hydrogens is 427 g/mol. The van der Waals surface area contributed by atoms with Crippen LogP contribution in [0.15, 0.2) is 72.8 Å². The van der Waals surface area contributed by atoms with Crippen LogP contribution in [-0.2, 0) is 6.54 Å². The van der Waals surface area contributed by atoms with Gasteiger partial charge in [0.1, 0.15) is 11.6 Å². The fourth-order valence-electron chi connectivity index (χ4n) is 4.94. The minimum absolute atomic E-state index is 0.0177. The number of hydrogen-bond acceptors (Lipinski definition) is 4. The number of rotatable bonds is 7. The number of methoxy groups -OCH3 is 1. The fourth-order valence-corrected chi connectivity index (χ4v) is 4.94. The highest BCUT2D eigenvalue weighted by Gasteiger charge is 2.35. The van der Waals surface area contributed by atoms with Crippen LogP contribution in [0.5, 0.6) is 5.75 Å². The van der Waals surface area contributed by atoms with Gasteiger partial charge in [-0.1, -0.05) is 54.6 Å². The predicted octanol–water partition coefficient (Wildman–Crippen LogP) is 5.72. The molecule has 0 aliphatic carbocycles. The van der Waals surface area contributed by atoms with Crippen molar-refractivity contribution in [1.82, 2.24) is 9.80 Å². The zero-order valence-electron chi connectivity index (χ0n) is 20.4. The van der Waals surface area contributed by atoms with Crippen molar-refractivity contribution in [1.29, 1.82) is 0 Å². The summed E-state index contributed by atoms with van der Waals surface area (Å²) in [6.07, 6.45) is 0. The Labute approximate surface area is 202 Å². The van der Waals surface area contributed by atoms with Crippen LogP contribution < -0.4 is 4.74 Å². The molecule has 3 aromatic carbocycles. The molecule has 1 unspecified atom stereocenters. The third-order valence-electron chi connectivity index (χ3n) is 6.87. The number of carbonyl (C=O) groups excluding carboxylic acids is 1. The summed E-state index contributed by atoms with van der Waals surface area (Å²) in [5.41, 5.74) is 3.74. The van der Waals surface area contributed by atoms with Gasteiger partial charge in [-0.3, -0.25) is 14.6 Å². The van der Waals surface area contributed by atoms with E-state index in [1.165, 1.54) is 6.07 Å². The molecule has 0 saturated carbocycles. The molecule has 34 heavy (non-hydrogen) atoms. The van der Waals surface area contributed by atoms with Crippen LogP contribution in [0.2, 0.25) is 0 Å². The summed E-state index contributed by atoms with van der Waals surface area (Å²) >= 11 is 0. The number of carbonyl (C=O) groups is 1. The first-order chi connectivity index (χ1) is 16.4. The van der Waals surface area contributed by atoms with Gasteiger partial charge in [-0.25, -0.2) is 4.39 Å². The van der Waals surface area contributed by atoms with Crippen LogP contribution in [-0.4, -0.2) is 47.9 Å². The maximum atomic E-state index is 14.3. The van der Waals surface area contributed by atoms with E-state index in [9.17, 15) is 9.18 Å². The van der Waals surface area contributed by atoms with E-state index in [1.807, 2.05) is 36.4 Å². The Morgan fingerprint density at radius 1 is 0.971 bits per heavy atom. The molecule has 5 heteroatoms. The molecule has 3 aromatic rings. The highest BCUT2D eigenvalue weighted by Crippen LogP contribution is 2.35. The van der Waals surface area contributed by atoms with Gasteiger partial charge in [-0.2, -0.15) is 0 Å². The third kappa shape index (κ3) is 5.21. The maximum Gasteiger partial charge on any atom is 0.159 e. The van der Waals surface area contributed by atoms with E-state index >= 15 is 0 Å². The molecule has 0 bridgehead atoms. The van der Waals surface area contributed by atoms with Crippen molar-refractivity contribution >= 4 is 5.78 Å². The Hall–Kier alpha value is -3.02. The number of Topliss-reactive ketones (excluding diaryl/α,β-unsaturated/α-hetero) is 1. The number of ether oxygens (including phenoxy) is 1. The van der Waals surface area contributed by atoms with Crippen molar-refractivity contribution in [2.24, 2.45) is 0 Å². The monoisotopic (exact) mass is 460 g/mol. The van der Waals surface area contributed by atoms with Gasteiger partial charge in [-0.15, -0.1) is 0 Å². The van der Waals surface area contributed by atoms with E-state index in [2.05, 4.69) is 47.9 Å². The van der Waals surface area contributed by atoms with Crippen LogP contribution in [0.4, 0.5) is 4.39 Å². The number of halogens is 1. The number of hydrogen-bond donors (Lipinski definition) is 0. The smallest absolute Gasteiger partial charge is 0.159 e. The lowest BCUT2D eigenvalue weighted by Gasteiger charge is -2.47. The largest absolute Gasteiger partial charge is 0.497 e. The van der Waals surface area contributed by atoms with Crippen molar-refractivity contribution in [2.75, 3.05) is 20.2 Å². The molecule has 1 heterocycles. The van der Waals surface area contributed by atoms with Crippen molar-refractivity contribution in [3.05, 3.63) is 101 Å². The van der Waals surface area contributed by atoms with Crippen LogP contribution in [0.25, 0.3) is 0 Å². The summed E-state index contributed by atoms with van der Waals surface area (Å²) in [5, 5.41) is 0. The Kier molecular flexibility index (Phi) is 7.44. The summed E-state index contributed by atoms with van der Waals surface area (Å²) < 4.78 is 19.8. The van der Waals surface area contributed by atoms with Gasteiger partial charge in [0.05, 0.1) is 13.2 Å². The third-order valence-corrected chi connectivity index (χ3v) is 6.87. The molecule has 0 spiro atoms. The normalized spacial score (nSPS) is 20.1. The quantitative estimate of drug-likeness (QED) is 0.422. The van der Waals surface area contributed by atoms with E-state index < -0.39 is 0 Å². The van der Waals surface area contributed by atoms with Gasteiger partial charge in [0, 0.05) is 42.8 Å². The lowest BCUT2D eigenvalue weighted by molar-refractivity contribution is 0.0190. The second kappa shape index (κ2) is 10.5. The number of benzene rings is 3. The first kappa shape index (κ1) is 24.1. The topological polar surface area (TPSA) is 32.8 Å². The van der Waals surface area contributed by atoms with Crippen molar-refractivity contribution < 1.29 is 13.9 Å². The molecule has 1 fully saturated rings. The Morgan fingerprint density at radius 2 is 1.71 bits per heavy atom. The molecule has 3 atom stereocenters. The van der Waals surface area contributed by atoms with Gasteiger partial charge in [0.2, 0.25) is 0 Å². The van der Waals surface area contributed by atoms with Gasteiger partial charge >= 0.3 is 0 Å². The number of nitrogens with zero attached hydrogens (tertiary/aromatic N) is 2. The Balaban J connectivity index is 1.64. The van der Waals surface area contributed by atoms with Crippen molar-refractivity contribution in [2.45, 2.75) is 45.4 Å². The van der Waals surface area contributed by atoms with Crippen LogP contribution in [0, 0.1) is 5.82 Å². The van der Waals surface area contributed by atoms with Gasteiger partial charge in [0.25, 0.3) is 0 Å². The van der Waals surface area contributed by atoms with Crippen LogP contribution in [0.3, 0.4) is 0 Å². The summed E-state index contributed by atoms with van der Waals surface area (Å²) in [5.74, 6) is 0.736. The summed E-state index contributed by atoms with van der Waals surface area (Å²) in [7, 11) is 1.68. The number of piperazine rings is 1. The van der Waals surface area contributed by atoms with Crippen LogP contribution in [0.1, 0.15) is 53.9 Å². The first-order valence-corrected chi connectivity index (χ1v) is 11.9. The molecular formula is C29H33FN2O2. The van der Waals surface area contributed by atoms with Crippen LogP contribution >= 0.6 is 0 Å². The molecule has 1 saturated heterocycles. The minimum Gasteiger partial charge on any atom is -0.497 e. The highest BCUT2D eigenvalue weighted by atomic mass is 19.1. The van der Waals surface area contributed by atoms with Crippen molar-refractivity contribution in [3.63, 3.8) is 0 Å². The number of ketones is 1. The Morgan fingerprint density at radius 3 is 2.38 bits per heavy atom. The minimum atomic E-state index is -0.149. The second-order valence-electron chi connectivity index (χ2n) is 9.27. The lowest BCUT2D eigenvalue weighted by Crippen LogP contribution is -2.56. The van der Waals surface area contributed by atoms with E-state index in [0.717, 1.165) is 35.5 Å². The molecule has 1 aliphatic heterocycles. The zero-order valence-corrected chi connectivity index (χ0v) is 20.4. The average molecular weight is 461 g/mol. The SMILES string of the molecule is COc1cccc(C(c2ccc(C(C)=O)cc2)N2C[C@@H](C)N(Cc3ccccc3F)C[C@@H]2C)c1. The Bertz CT molecular complexity index is 1130. The van der Waals surface area contributed by atoms with E-state index in [-0.39, 0.29) is 29.7 Å². The zero-order chi connectivity index (χ0) is 24.2. The summed E-state index contributed by atoms with van der Waals surface area (Å²) in [6, 6.07) is 23.7. The van der Waals surface area contributed by atoms with E-state index in [0.29, 0.717) is 12.1 Å². The standard InChI is InChI=1S/C29H33FN2O2/c1-20-18-32(21(2)17-31(20)19-26-8-5-6-11-28(26)30)29(25-9-7-10-27(16-25)34-4)24-14-12-23(13-15-24)22(3)33/h5-16,20-21,29H,17-19H2,1-4H3/t20-,21+,29?/m1/s1. The summed E-state index contributed by atoms with van der Waals surface area (Å²) in [4.78, 5) is 16.7. The maximum absolute atomic E-state index is 14.3. The van der Waals surface area contributed by atoms with Gasteiger partial charge in [-0.05, 0) is 50.1 Å². The molecule has 4 rings (SSSR count). The molecule has 1 aliphatic rings. The molecule has 178 valence electrons. The van der Waals surface area contributed by atoms with Gasteiger partial charge < -0.3 is 4.74 Å². The molecule has 0 radical (unpaired) electrons.